The van der Waals surface area contributed by atoms with Crippen molar-refractivity contribution < 1.29 is 18.0 Å². The van der Waals surface area contributed by atoms with Gasteiger partial charge in [-0.3, -0.25) is 4.79 Å². The fraction of sp³-hybridized carbons (Fsp3) is 0.360. The van der Waals surface area contributed by atoms with Crippen LogP contribution in [-0.2, 0) is 30.4 Å². The molecule has 1 N–H and O–H groups in total. The Morgan fingerprint density at radius 1 is 1.06 bits per heavy atom. The third kappa shape index (κ3) is 4.42. The van der Waals surface area contributed by atoms with Gasteiger partial charge in [0.25, 0.3) is 0 Å². The average Bonchev–Trinajstić information content (AvgIpc) is 3.39. The zero-order valence-electron chi connectivity index (χ0n) is 18.4. The van der Waals surface area contributed by atoms with Gasteiger partial charge < -0.3 is 5.32 Å². The van der Waals surface area contributed by atoms with Gasteiger partial charge >= 0.3 is 6.18 Å². The molecule has 1 amide bonds. The Balaban J connectivity index is 1.56. The van der Waals surface area contributed by atoms with Gasteiger partial charge in [-0.1, -0.05) is 24.3 Å². The minimum atomic E-state index is -4.57. The second kappa shape index (κ2) is 8.45. The van der Waals surface area contributed by atoms with Gasteiger partial charge in [0, 0.05) is 0 Å². The average molecular weight is 441 g/mol. The van der Waals surface area contributed by atoms with Gasteiger partial charge in [0.15, 0.2) is 5.69 Å². The third-order valence-electron chi connectivity index (χ3n) is 6.27. The topological polar surface area (TPSA) is 46.9 Å². The van der Waals surface area contributed by atoms with Crippen molar-refractivity contribution in [2.75, 3.05) is 0 Å². The van der Waals surface area contributed by atoms with E-state index in [0.717, 1.165) is 42.0 Å². The van der Waals surface area contributed by atoms with Crippen molar-refractivity contribution in [3.8, 4) is 5.69 Å². The summed E-state index contributed by atoms with van der Waals surface area (Å²) in [7, 11) is 0. The molecule has 1 aromatic heterocycles. The number of fused-ring (bicyclic) bond motifs is 1. The van der Waals surface area contributed by atoms with E-state index in [2.05, 4.69) is 22.5 Å². The van der Waals surface area contributed by atoms with E-state index in [0.29, 0.717) is 5.69 Å². The summed E-state index contributed by atoms with van der Waals surface area (Å²) in [5.41, 5.74) is 5.34. The molecule has 1 unspecified atom stereocenters. The molecule has 32 heavy (non-hydrogen) atoms. The smallest absolute Gasteiger partial charge is 0.350 e. The summed E-state index contributed by atoms with van der Waals surface area (Å²) < 4.78 is 41.3. The van der Waals surface area contributed by atoms with Crippen molar-refractivity contribution in [2.45, 2.75) is 58.7 Å². The fourth-order valence-corrected chi connectivity index (χ4v) is 4.11. The molecule has 7 heteroatoms. The van der Waals surface area contributed by atoms with Crippen molar-refractivity contribution in [3.63, 3.8) is 0 Å². The lowest BCUT2D eigenvalue weighted by Crippen LogP contribution is -2.28. The maximum atomic E-state index is 13.3. The number of hydrogen-bond donors (Lipinski definition) is 1. The van der Waals surface area contributed by atoms with Crippen LogP contribution in [0.3, 0.4) is 0 Å². The van der Waals surface area contributed by atoms with E-state index in [-0.39, 0.29) is 18.1 Å². The zero-order chi connectivity index (χ0) is 23.0. The van der Waals surface area contributed by atoms with Crippen LogP contribution in [0.15, 0.2) is 42.5 Å². The van der Waals surface area contributed by atoms with E-state index < -0.39 is 17.8 Å². The highest BCUT2D eigenvalue weighted by molar-refractivity contribution is 5.83. The SMILES string of the molecule is Cc1ccc(-n2nc(C(F)(F)F)cc2CNC(=O)C(C)c2ccc3c(c2)CCC3)cc1C. The maximum absolute atomic E-state index is 13.3. The Hall–Kier alpha value is -3.09. The molecular formula is C25H26F3N3O. The van der Waals surface area contributed by atoms with E-state index in [1.807, 2.05) is 32.9 Å². The highest BCUT2D eigenvalue weighted by Crippen LogP contribution is 2.30. The molecule has 4 rings (SSSR count). The van der Waals surface area contributed by atoms with Crippen LogP contribution in [0.2, 0.25) is 0 Å². The highest BCUT2D eigenvalue weighted by atomic mass is 19.4. The predicted molar refractivity (Wildman–Crippen MR) is 117 cm³/mol. The first kappa shape index (κ1) is 22.1. The Bertz CT molecular complexity index is 1160. The predicted octanol–water partition coefficient (Wildman–Crippen LogP) is 5.42. The molecule has 2 aromatic carbocycles. The second-order valence-electron chi connectivity index (χ2n) is 8.52. The van der Waals surface area contributed by atoms with Gasteiger partial charge in [-0.25, -0.2) is 4.68 Å². The van der Waals surface area contributed by atoms with E-state index >= 15 is 0 Å². The van der Waals surface area contributed by atoms with Gasteiger partial charge in [0.1, 0.15) is 0 Å². The molecule has 4 nitrogen and oxygen atoms in total. The number of carbonyl (C=O) groups excluding carboxylic acids is 1. The summed E-state index contributed by atoms with van der Waals surface area (Å²) in [6, 6.07) is 12.5. The molecule has 0 saturated heterocycles. The number of benzene rings is 2. The standard InChI is InChI=1S/C25H26F3N3O/c1-15-7-10-21(11-16(15)2)31-22(13-23(30-31)25(26,27)28)14-29-24(32)17(3)19-9-8-18-5-4-6-20(18)12-19/h7-13,17H,4-6,14H2,1-3H3,(H,29,32). The van der Waals surface area contributed by atoms with Crippen molar-refractivity contribution in [2.24, 2.45) is 0 Å². The quantitative estimate of drug-likeness (QED) is 0.575. The molecule has 0 bridgehead atoms. The van der Waals surface area contributed by atoms with E-state index in [4.69, 9.17) is 0 Å². The van der Waals surface area contributed by atoms with Crippen molar-refractivity contribution >= 4 is 5.91 Å². The van der Waals surface area contributed by atoms with Crippen LogP contribution >= 0.6 is 0 Å². The largest absolute Gasteiger partial charge is 0.435 e. The van der Waals surface area contributed by atoms with E-state index in [1.165, 1.54) is 15.8 Å². The van der Waals surface area contributed by atoms with Crippen LogP contribution in [0, 0.1) is 13.8 Å². The highest BCUT2D eigenvalue weighted by Gasteiger charge is 2.35. The number of alkyl halides is 3. The lowest BCUT2D eigenvalue weighted by molar-refractivity contribution is -0.141. The van der Waals surface area contributed by atoms with Crippen LogP contribution in [0.25, 0.3) is 5.69 Å². The molecule has 168 valence electrons. The normalized spacial score (nSPS) is 14.3. The summed E-state index contributed by atoms with van der Waals surface area (Å²) in [5.74, 6) is -0.634. The zero-order valence-corrected chi connectivity index (χ0v) is 18.4. The Morgan fingerprint density at radius 3 is 2.53 bits per heavy atom. The molecule has 0 aliphatic heterocycles. The van der Waals surface area contributed by atoms with Crippen molar-refractivity contribution in [3.05, 3.63) is 81.7 Å². The number of aryl methyl sites for hydroxylation is 4. The minimum Gasteiger partial charge on any atom is -0.350 e. The van der Waals surface area contributed by atoms with Gasteiger partial charge in [0.05, 0.1) is 23.8 Å². The summed E-state index contributed by atoms with van der Waals surface area (Å²) in [5, 5.41) is 6.58. The third-order valence-corrected chi connectivity index (χ3v) is 6.27. The molecule has 0 saturated carbocycles. The van der Waals surface area contributed by atoms with E-state index in [9.17, 15) is 18.0 Å². The number of hydrogen-bond acceptors (Lipinski definition) is 2. The molecule has 1 aliphatic rings. The van der Waals surface area contributed by atoms with Gasteiger partial charge in [0.2, 0.25) is 5.91 Å². The Labute approximate surface area is 185 Å². The number of rotatable bonds is 5. The second-order valence-corrected chi connectivity index (χ2v) is 8.52. The van der Waals surface area contributed by atoms with Crippen LogP contribution < -0.4 is 5.32 Å². The summed E-state index contributed by atoms with van der Waals surface area (Å²) >= 11 is 0. The number of nitrogens with zero attached hydrogens (tertiary/aromatic N) is 2. The van der Waals surface area contributed by atoms with Crippen LogP contribution in [0.5, 0.6) is 0 Å². The summed E-state index contributed by atoms with van der Waals surface area (Å²) in [4.78, 5) is 12.8. The van der Waals surface area contributed by atoms with Crippen molar-refractivity contribution in [1.82, 2.24) is 15.1 Å². The number of carbonyl (C=O) groups is 1. The monoisotopic (exact) mass is 441 g/mol. The minimum absolute atomic E-state index is 0.0515. The molecule has 1 atom stereocenters. The van der Waals surface area contributed by atoms with Gasteiger partial charge in [-0.2, -0.15) is 18.3 Å². The van der Waals surface area contributed by atoms with Crippen LogP contribution in [0.1, 0.15) is 58.5 Å². The van der Waals surface area contributed by atoms with Crippen molar-refractivity contribution in [1.29, 1.82) is 0 Å². The lowest BCUT2D eigenvalue weighted by atomic mass is 9.96. The first-order valence-corrected chi connectivity index (χ1v) is 10.8. The van der Waals surface area contributed by atoms with E-state index in [1.54, 1.807) is 12.1 Å². The van der Waals surface area contributed by atoms with Crippen LogP contribution in [0.4, 0.5) is 13.2 Å². The molecule has 0 fully saturated rings. The molecular weight excluding hydrogens is 415 g/mol. The van der Waals surface area contributed by atoms with Gasteiger partial charge in [-0.05, 0) is 86.1 Å². The fourth-order valence-electron chi connectivity index (χ4n) is 4.11. The molecule has 0 radical (unpaired) electrons. The maximum Gasteiger partial charge on any atom is 0.435 e. The number of nitrogens with one attached hydrogen (secondary N) is 1. The summed E-state index contributed by atoms with van der Waals surface area (Å²) in [6.45, 7) is 5.59. The first-order valence-electron chi connectivity index (χ1n) is 10.8. The molecule has 1 heterocycles. The van der Waals surface area contributed by atoms with Gasteiger partial charge in [-0.15, -0.1) is 0 Å². The summed E-state index contributed by atoms with van der Waals surface area (Å²) in [6.07, 6.45) is -1.35. The lowest BCUT2D eigenvalue weighted by Gasteiger charge is -2.15. The molecule has 3 aromatic rings. The number of halogens is 3. The van der Waals surface area contributed by atoms with Crippen LogP contribution in [-0.4, -0.2) is 15.7 Å². The molecule has 1 aliphatic carbocycles. The first-order chi connectivity index (χ1) is 15.1. The Kier molecular flexibility index (Phi) is 5.84. The number of amides is 1. The Morgan fingerprint density at radius 2 is 1.81 bits per heavy atom. The molecule has 0 spiro atoms. The number of aromatic nitrogens is 2.